The lowest BCUT2D eigenvalue weighted by Gasteiger charge is -2.22. The Labute approximate surface area is 125 Å². The number of hydrogen-bond acceptors (Lipinski definition) is 4. The Balaban J connectivity index is 2.54. The summed E-state index contributed by atoms with van der Waals surface area (Å²) in [4.78, 5) is 4.31. The molecule has 1 heterocycles. The number of methoxy groups -OCH3 is 1. The summed E-state index contributed by atoms with van der Waals surface area (Å²) in [6, 6.07) is 1.70. The summed E-state index contributed by atoms with van der Waals surface area (Å²) >= 11 is 1.14. The Morgan fingerprint density at radius 3 is 2.67 bits per heavy atom. The standard InChI is InChI=1S/C14H15F3N2OS/c1-20-6-7-21-13-10(8-18)12(14(15,16)17)9-4-2-3-5-11(9)19-13/h2-7H2,1H3. The van der Waals surface area contributed by atoms with E-state index in [1.54, 1.807) is 6.07 Å². The number of alkyl halides is 3. The lowest BCUT2D eigenvalue weighted by atomic mass is 9.90. The van der Waals surface area contributed by atoms with E-state index in [9.17, 15) is 18.4 Å². The van der Waals surface area contributed by atoms with E-state index in [1.165, 1.54) is 7.11 Å². The number of hydrogen-bond donors (Lipinski definition) is 0. The second kappa shape index (κ2) is 6.67. The number of nitriles is 1. The predicted octanol–water partition coefficient (Wildman–Crippen LogP) is 3.59. The molecule has 7 heteroatoms. The molecule has 0 saturated carbocycles. The first kappa shape index (κ1) is 16.1. The van der Waals surface area contributed by atoms with E-state index in [4.69, 9.17) is 4.74 Å². The zero-order valence-corrected chi connectivity index (χ0v) is 12.4. The summed E-state index contributed by atoms with van der Waals surface area (Å²) in [5.41, 5.74) is -0.423. The van der Waals surface area contributed by atoms with Gasteiger partial charge in [-0.25, -0.2) is 4.98 Å². The van der Waals surface area contributed by atoms with Crippen molar-refractivity contribution < 1.29 is 17.9 Å². The van der Waals surface area contributed by atoms with E-state index in [-0.39, 0.29) is 16.2 Å². The molecule has 2 rings (SSSR count). The molecule has 0 aliphatic heterocycles. The van der Waals surface area contributed by atoms with Gasteiger partial charge in [-0.1, -0.05) is 0 Å². The average molecular weight is 316 g/mol. The van der Waals surface area contributed by atoms with Crippen molar-refractivity contribution in [3.8, 4) is 6.07 Å². The molecule has 0 spiro atoms. The minimum Gasteiger partial charge on any atom is -0.384 e. The number of thioether (sulfide) groups is 1. The highest BCUT2D eigenvalue weighted by atomic mass is 32.2. The number of aryl methyl sites for hydroxylation is 1. The molecular formula is C14H15F3N2OS. The number of aromatic nitrogens is 1. The molecule has 0 aromatic carbocycles. The number of ether oxygens (including phenoxy) is 1. The van der Waals surface area contributed by atoms with Gasteiger partial charge in [0.1, 0.15) is 11.1 Å². The van der Waals surface area contributed by atoms with Crippen molar-refractivity contribution in [2.75, 3.05) is 19.5 Å². The fourth-order valence-corrected chi connectivity index (χ4v) is 3.37. The maximum Gasteiger partial charge on any atom is 0.418 e. The molecule has 3 nitrogen and oxygen atoms in total. The molecular weight excluding hydrogens is 301 g/mol. The Morgan fingerprint density at radius 1 is 1.33 bits per heavy atom. The van der Waals surface area contributed by atoms with Gasteiger partial charge < -0.3 is 4.74 Å². The molecule has 1 aromatic rings. The number of nitrogens with zero attached hydrogens (tertiary/aromatic N) is 2. The highest BCUT2D eigenvalue weighted by Gasteiger charge is 2.39. The molecule has 1 aliphatic carbocycles. The van der Waals surface area contributed by atoms with Gasteiger partial charge in [-0.2, -0.15) is 18.4 Å². The predicted molar refractivity (Wildman–Crippen MR) is 73.2 cm³/mol. The summed E-state index contributed by atoms with van der Waals surface area (Å²) in [5.74, 6) is 0.467. The topological polar surface area (TPSA) is 45.9 Å². The van der Waals surface area contributed by atoms with Crippen LogP contribution in [0.5, 0.6) is 0 Å². The third-order valence-corrected chi connectivity index (χ3v) is 4.30. The first-order valence-electron chi connectivity index (χ1n) is 6.63. The van der Waals surface area contributed by atoms with E-state index in [0.29, 0.717) is 37.3 Å². The molecule has 0 unspecified atom stereocenters. The summed E-state index contributed by atoms with van der Waals surface area (Å²) in [6.45, 7) is 0.398. The van der Waals surface area contributed by atoms with Crippen LogP contribution in [-0.2, 0) is 23.8 Å². The zero-order chi connectivity index (χ0) is 15.5. The van der Waals surface area contributed by atoms with Crippen molar-refractivity contribution >= 4 is 11.8 Å². The van der Waals surface area contributed by atoms with Crippen molar-refractivity contribution in [3.05, 3.63) is 22.4 Å². The van der Waals surface area contributed by atoms with Crippen molar-refractivity contribution in [1.29, 1.82) is 5.26 Å². The maximum atomic E-state index is 13.4. The minimum absolute atomic E-state index is 0.169. The monoisotopic (exact) mass is 316 g/mol. The number of fused-ring (bicyclic) bond motifs is 1. The maximum absolute atomic E-state index is 13.4. The lowest BCUT2D eigenvalue weighted by Crippen LogP contribution is -2.19. The normalized spacial score (nSPS) is 14.6. The molecule has 0 fully saturated rings. The second-order valence-corrected chi connectivity index (χ2v) is 5.83. The van der Waals surface area contributed by atoms with Gasteiger partial charge in [0.25, 0.3) is 0 Å². The number of rotatable bonds is 4. The minimum atomic E-state index is -4.52. The third kappa shape index (κ3) is 3.50. The Morgan fingerprint density at radius 2 is 2.05 bits per heavy atom. The van der Waals surface area contributed by atoms with Crippen LogP contribution < -0.4 is 0 Å². The molecule has 21 heavy (non-hydrogen) atoms. The van der Waals surface area contributed by atoms with Crippen LogP contribution in [0.25, 0.3) is 0 Å². The second-order valence-electron chi connectivity index (χ2n) is 4.75. The molecule has 0 N–H and O–H groups in total. The Kier molecular flexibility index (Phi) is 5.12. The first-order chi connectivity index (χ1) is 9.99. The van der Waals surface area contributed by atoms with Crippen molar-refractivity contribution in [2.24, 2.45) is 0 Å². The largest absolute Gasteiger partial charge is 0.418 e. The van der Waals surface area contributed by atoms with Crippen LogP contribution in [0.2, 0.25) is 0 Å². The van der Waals surface area contributed by atoms with Gasteiger partial charge in [0.2, 0.25) is 0 Å². The van der Waals surface area contributed by atoms with Crippen LogP contribution in [0.4, 0.5) is 13.2 Å². The van der Waals surface area contributed by atoms with Crippen LogP contribution in [0.3, 0.4) is 0 Å². The van der Waals surface area contributed by atoms with Crippen LogP contribution in [0.1, 0.15) is 35.2 Å². The Hall–Kier alpha value is -1.26. The van der Waals surface area contributed by atoms with E-state index >= 15 is 0 Å². The fourth-order valence-electron chi connectivity index (χ4n) is 2.46. The van der Waals surface area contributed by atoms with Gasteiger partial charge in [0, 0.05) is 18.6 Å². The summed E-state index contributed by atoms with van der Waals surface area (Å²) in [6.07, 6.45) is -2.09. The summed E-state index contributed by atoms with van der Waals surface area (Å²) in [5, 5.41) is 9.36. The highest BCUT2D eigenvalue weighted by molar-refractivity contribution is 7.99. The van der Waals surface area contributed by atoms with Gasteiger partial charge in [0.15, 0.2) is 0 Å². The van der Waals surface area contributed by atoms with E-state index in [0.717, 1.165) is 18.2 Å². The zero-order valence-electron chi connectivity index (χ0n) is 11.6. The fraction of sp³-hybridized carbons (Fsp3) is 0.571. The molecule has 1 aliphatic rings. The molecule has 1 aromatic heterocycles. The SMILES string of the molecule is COCCSc1nc2c(c(C(F)(F)F)c1C#N)CCCC2. The molecule has 114 valence electrons. The smallest absolute Gasteiger partial charge is 0.384 e. The van der Waals surface area contributed by atoms with Crippen LogP contribution in [-0.4, -0.2) is 24.5 Å². The first-order valence-corrected chi connectivity index (χ1v) is 7.62. The summed E-state index contributed by atoms with van der Waals surface area (Å²) in [7, 11) is 1.52. The van der Waals surface area contributed by atoms with Crippen molar-refractivity contribution in [2.45, 2.75) is 36.9 Å². The highest BCUT2D eigenvalue weighted by Crippen LogP contribution is 2.41. The Bertz CT molecular complexity index is 567. The van der Waals surface area contributed by atoms with Gasteiger partial charge in [-0.15, -0.1) is 11.8 Å². The van der Waals surface area contributed by atoms with E-state index < -0.39 is 11.7 Å². The molecule has 0 radical (unpaired) electrons. The third-order valence-electron chi connectivity index (χ3n) is 3.36. The van der Waals surface area contributed by atoms with Crippen molar-refractivity contribution in [3.63, 3.8) is 0 Å². The number of pyridine rings is 1. The van der Waals surface area contributed by atoms with Gasteiger partial charge in [-0.3, -0.25) is 0 Å². The van der Waals surface area contributed by atoms with Gasteiger partial charge in [-0.05, 0) is 31.2 Å². The molecule has 0 atom stereocenters. The molecule has 0 saturated heterocycles. The summed E-state index contributed by atoms with van der Waals surface area (Å²) < 4.78 is 45.0. The quantitative estimate of drug-likeness (QED) is 0.629. The average Bonchev–Trinajstić information content (AvgIpc) is 2.45. The van der Waals surface area contributed by atoms with E-state index in [2.05, 4.69) is 4.98 Å². The molecule has 0 amide bonds. The van der Waals surface area contributed by atoms with Gasteiger partial charge >= 0.3 is 6.18 Å². The van der Waals surface area contributed by atoms with E-state index in [1.807, 2.05) is 0 Å². The van der Waals surface area contributed by atoms with Gasteiger partial charge in [0.05, 0.1) is 17.7 Å². The molecule has 0 bridgehead atoms. The van der Waals surface area contributed by atoms with Crippen LogP contribution >= 0.6 is 11.8 Å². The number of halogens is 3. The lowest BCUT2D eigenvalue weighted by molar-refractivity contribution is -0.138. The van der Waals surface area contributed by atoms with Crippen LogP contribution in [0.15, 0.2) is 5.03 Å². The van der Waals surface area contributed by atoms with Crippen LogP contribution in [0, 0.1) is 11.3 Å². The van der Waals surface area contributed by atoms with Crippen molar-refractivity contribution in [1.82, 2.24) is 4.98 Å².